The fraction of sp³-hybridized carbons (Fsp3) is 0.636. The van der Waals surface area contributed by atoms with Crippen molar-refractivity contribution in [3.63, 3.8) is 0 Å². The van der Waals surface area contributed by atoms with Gasteiger partial charge in [0.25, 0.3) is 0 Å². The van der Waals surface area contributed by atoms with E-state index >= 15 is 0 Å². The Kier molecular flexibility index (Phi) is 3.96. The zero-order valence-corrected chi connectivity index (χ0v) is 10.8. The molecule has 5 nitrogen and oxygen atoms in total. The third kappa shape index (κ3) is 3.17. The number of nitrogen functional groups attached to an aromatic ring is 1. The van der Waals surface area contributed by atoms with Crippen molar-refractivity contribution in [1.29, 1.82) is 0 Å². The largest absolute Gasteiger partial charge is 0.375 e. The number of nitrogens with two attached hydrogens (primary N) is 1. The maximum atomic E-state index is 11.9. The number of aromatic nitrogens is 1. The maximum Gasteiger partial charge on any atom is 0.237 e. The maximum absolute atomic E-state index is 11.9. The summed E-state index contributed by atoms with van der Waals surface area (Å²) in [5, 5.41) is 5.47. The van der Waals surface area contributed by atoms with E-state index < -0.39 is 0 Å². The van der Waals surface area contributed by atoms with E-state index in [2.05, 4.69) is 15.2 Å². The Morgan fingerprint density at radius 3 is 3.18 bits per heavy atom. The standard InChI is InChI=1S/C11H18N4OS/c1-15-6-2-3-9(15)10(16)13-5-4-8-7-17-11(12)14-8/h7,9H,2-6H2,1H3,(H2,12,14)(H,13,16)/t9-/m0/s1. The van der Waals surface area contributed by atoms with Crippen molar-refractivity contribution in [3.05, 3.63) is 11.1 Å². The topological polar surface area (TPSA) is 71.2 Å². The summed E-state index contributed by atoms with van der Waals surface area (Å²) in [4.78, 5) is 18.1. The van der Waals surface area contributed by atoms with Gasteiger partial charge in [-0.3, -0.25) is 9.69 Å². The van der Waals surface area contributed by atoms with Crippen LogP contribution in [0.3, 0.4) is 0 Å². The number of rotatable bonds is 4. The Hall–Kier alpha value is -1.14. The van der Waals surface area contributed by atoms with Crippen LogP contribution in [0, 0.1) is 0 Å². The quantitative estimate of drug-likeness (QED) is 0.820. The Balaban J connectivity index is 1.73. The predicted molar refractivity (Wildman–Crippen MR) is 68.9 cm³/mol. The molecule has 0 spiro atoms. The van der Waals surface area contributed by atoms with E-state index in [1.807, 2.05) is 12.4 Å². The van der Waals surface area contributed by atoms with Gasteiger partial charge in [-0.15, -0.1) is 11.3 Å². The molecule has 0 aliphatic carbocycles. The van der Waals surface area contributed by atoms with Crippen molar-refractivity contribution in [2.24, 2.45) is 0 Å². The molecule has 0 radical (unpaired) electrons. The van der Waals surface area contributed by atoms with Crippen molar-refractivity contribution in [2.45, 2.75) is 25.3 Å². The molecule has 0 saturated carbocycles. The lowest BCUT2D eigenvalue weighted by Gasteiger charge is -2.18. The van der Waals surface area contributed by atoms with Crippen LogP contribution in [0.1, 0.15) is 18.5 Å². The number of thiazole rings is 1. The Bertz CT molecular complexity index is 393. The lowest BCUT2D eigenvalue weighted by atomic mass is 10.2. The van der Waals surface area contributed by atoms with Gasteiger partial charge < -0.3 is 11.1 Å². The molecule has 94 valence electrons. The van der Waals surface area contributed by atoms with Gasteiger partial charge in [-0.05, 0) is 26.4 Å². The number of anilines is 1. The van der Waals surface area contributed by atoms with Crippen LogP contribution in [0.25, 0.3) is 0 Å². The Morgan fingerprint density at radius 2 is 2.59 bits per heavy atom. The normalized spacial score (nSPS) is 20.6. The van der Waals surface area contributed by atoms with Gasteiger partial charge in [0, 0.05) is 18.3 Å². The summed E-state index contributed by atoms with van der Waals surface area (Å²) in [5.74, 6) is 0.133. The van der Waals surface area contributed by atoms with Gasteiger partial charge in [0.1, 0.15) is 0 Å². The monoisotopic (exact) mass is 254 g/mol. The van der Waals surface area contributed by atoms with Gasteiger partial charge in [-0.1, -0.05) is 0 Å². The van der Waals surface area contributed by atoms with Crippen molar-refractivity contribution in [1.82, 2.24) is 15.2 Å². The van der Waals surface area contributed by atoms with Crippen LogP contribution in [0.2, 0.25) is 0 Å². The molecule has 1 amide bonds. The molecule has 1 atom stereocenters. The number of likely N-dealkylation sites (tertiary alicyclic amines) is 1. The minimum absolute atomic E-state index is 0.0514. The highest BCUT2D eigenvalue weighted by molar-refractivity contribution is 7.13. The molecule has 1 saturated heterocycles. The zero-order valence-electron chi connectivity index (χ0n) is 9.98. The van der Waals surface area contributed by atoms with Crippen LogP contribution in [0.15, 0.2) is 5.38 Å². The number of nitrogens with zero attached hydrogens (tertiary/aromatic N) is 2. The summed E-state index contributed by atoms with van der Waals surface area (Å²) >= 11 is 1.43. The van der Waals surface area contributed by atoms with Gasteiger partial charge in [-0.25, -0.2) is 4.98 Å². The number of amides is 1. The molecule has 3 N–H and O–H groups in total. The molecular formula is C11H18N4OS. The molecular weight excluding hydrogens is 236 g/mol. The molecule has 1 aromatic heterocycles. The summed E-state index contributed by atoms with van der Waals surface area (Å²) in [6.45, 7) is 1.65. The van der Waals surface area contributed by atoms with Crippen LogP contribution >= 0.6 is 11.3 Å². The summed E-state index contributed by atoms with van der Waals surface area (Å²) in [7, 11) is 2.00. The number of hydrogen-bond acceptors (Lipinski definition) is 5. The van der Waals surface area contributed by atoms with Gasteiger partial charge in [0.05, 0.1) is 11.7 Å². The molecule has 0 bridgehead atoms. The third-order valence-electron chi connectivity index (χ3n) is 3.07. The molecule has 6 heteroatoms. The molecule has 0 aromatic carbocycles. The van der Waals surface area contributed by atoms with Crippen LogP contribution in [0.4, 0.5) is 5.13 Å². The van der Waals surface area contributed by atoms with Crippen molar-refractivity contribution in [2.75, 3.05) is 25.9 Å². The molecule has 1 fully saturated rings. The highest BCUT2D eigenvalue weighted by atomic mass is 32.1. The van der Waals surface area contributed by atoms with E-state index in [-0.39, 0.29) is 11.9 Å². The van der Waals surface area contributed by atoms with Crippen molar-refractivity contribution >= 4 is 22.4 Å². The van der Waals surface area contributed by atoms with E-state index in [0.29, 0.717) is 11.7 Å². The number of nitrogens with one attached hydrogen (secondary N) is 1. The second-order valence-electron chi connectivity index (χ2n) is 4.36. The van der Waals surface area contributed by atoms with E-state index in [1.54, 1.807) is 0 Å². The van der Waals surface area contributed by atoms with Gasteiger partial charge in [-0.2, -0.15) is 0 Å². The number of carbonyl (C=O) groups is 1. The average molecular weight is 254 g/mol. The van der Waals surface area contributed by atoms with Gasteiger partial charge in [0.15, 0.2) is 5.13 Å². The second kappa shape index (κ2) is 5.46. The smallest absolute Gasteiger partial charge is 0.237 e. The summed E-state index contributed by atoms with van der Waals surface area (Å²) < 4.78 is 0. The SMILES string of the molecule is CN1CCC[C@H]1C(=O)NCCc1csc(N)n1. The molecule has 2 rings (SSSR count). The fourth-order valence-corrected chi connectivity index (χ4v) is 2.71. The molecule has 1 aromatic rings. The highest BCUT2D eigenvalue weighted by Crippen LogP contribution is 2.14. The summed E-state index contributed by atoms with van der Waals surface area (Å²) in [5.41, 5.74) is 6.49. The van der Waals surface area contributed by atoms with E-state index in [4.69, 9.17) is 5.73 Å². The average Bonchev–Trinajstić information content (AvgIpc) is 2.87. The second-order valence-corrected chi connectivity index (χ2v) is 5.25. The first kappa shape index (κ1) is 12.3. The molecule has 1 aliphatic rings. The van der Waals surface area contributed by atoms with Gasteiger partial charge in [0.2, 0.25) is 5.91 Å². The van der Waals surface area contributed by atoms with E-state index in [0.717, 1.165) is 31.5 Å². The first-order valence-corrected chi connectivity index (χ1v) is 6.72. The minimum atomic E-state index is 0.0514. The predicted octanol–water partition coefficient (Wildman–Crippen LogP) is 0.478. The van der Waals surface area contributed by atoms with Crippen molar-refractivity contribution in [3.8, 4) is 0 Å². The first-order valence-electron chi connectivity index (χ1n) is 5.84. The van der Waals surface area contributed by atoms with Crippen LogP contribution < -0.4 is 11.1 Å². The summed E-state index contributed by atoms with van der Waals surface area (Å²) in [6.07, 6.45) is 2.82. The lowest BCUT2D eigenvalue weighted by Crippen LogP contribution is -2.42. The van der Waals surface area contributed by atoms with E-state index in [1.165, 1.54) is 11.3 Å². The number of carbonyl (C=O) groups excluding carboxylic acids is 1. The molecule has 17 heavy (non-hydrogen) atoms. The van der Waals surface area contributed by atoms with Crippen molar-refractivity contribution < 1.29 is 4.79 Å². The molecule has 0 unspecified atom stereocenters. The Morgan fingerprint density at radius 1 is 1.76 bits per heavy atom. The molecule has 1 aliphatic heterocycles. The Labute approximate surface area is 105 Å². The zero-order chi connectivity index (χ0) is 12.3. The van der Waals surface area contributed by atoms with Crippen LogP contribution in [-0.2, 0) is 11.2 Å². The lowest BCUT2D eigenvalue weighted by molar-refractivity contribution is -0.125. The summed E-state index contributed by atoms with van der Waals surface area (Å²) in [6, 6.07) is 0.0514. The van der Waals surface area contributed by atoms with Crippen LogP contribution in [-0.4, -0.2) is 42.0 Å². The van der Waals surface area contributed by atoms with Crippen LogP contribution in [0.5, 0.6) is 0 Å². The third-order valence-corrected chi connectivity index (χ3v) is 3.80. The number of hydrogen-bond donors (Lipinski definition) is 2. The van der Waals surface area contributed by atoms with E-state index in [9.17, 15) is 4.79 Å². The first-order chi connectivity index (χ1) is 8.16. The number of likely N-dealkylation sites (N-methyl/N-ethyl adjacent to an activating group) is 1. The minimum Gasteiger partial charge on any atom is -0.375 e. The highest BCUT2D eigenvalue weighted by Gasteiger charge is 2.27. The molecule has 2 heterocycles. The van der Waals surface area contributed by atoms with Gasteiger partial charge >= 0.3 is 0 Å². The fourth-order valence-electron chi connectivity index (χ4n) is 2.11.